The highest BCUT2D eigenvalue weighted by Gasteiger charge is 2.68. The number of esters is 1. The first-order chi connectivity index (χ1) is 12.2. The molecule has 0 heterocycles. The zero-order valence-electron chi connectivity index (χ0n) is 15.2. The third-order valence-electron chi connectivity index (χ3n) is 7.54. The van der Waals surface area contributed by atoms with Gasteiger partial charge in [-0.1, -0.05) is 0 Å². The van der Waals surface area contributed by atoms with Crippen LogP contribution >= 0.6 is 0 Å². The Morgan fingerprint density at radius 1 is 1.12 bits per heavy atom. The van der Waals surface area contributed by atoms with E-state index in [9.17, 15) is 24.3 Å². The molecule has 4 atom stereocenters. The van der Waals surface area contributed by atoms with Crippen LogP contribution in [0.1, 0.15) is 58.3 Å². The van der Waals surface area contributed by atoms with Crippen LogP contribution in [0.2, 0.25) is 0 Å². The average Bonchev–Trinajstić information content (AvgIpc) is 2.85. The highest BCUT2D eigenvalue weighted by atomic mass is 16.5. The van der Waals surface area contributed by atoms with Crippen molar-refractivity contribution in [1.29, 1.82) is 0 Å². The summed E-state index contributed by atoms with van der Waals surface area (Å²) in [5, 5.41) is 11.5. The summed E-state index contributed by atoms with van der Waals surface area (Å²) in [5.74, 6) is -1.51. The van der Waals surface area contributed by atoms with Gasteiger partial charge in [-0.25, -0.2) is 0 Å². The van der Waals surface area contributed by atoms with Gasteiger partial charge >= 0.3 is 5.97 Å². The van der Waals surface area contributed by atoms with Gasteiger partial charge in [-0.3, -0.25) is 19.2 Å². The molecule has 0 aromatic rings. The van der Waals surface area contributed by atoms with Crippen LogP contribution in [0.3, 0.4) is 0 Å². The molecule has 4 unspecified atom stereocenters. The molecule has 0 aromatic carbocycles. The number of carbonyl (C=O) groups excluding carboxylic acids is 4. The lowest BCUT2D eigenvalue weighted by Gasteiger charge is -2.53. The summed E-state index contributed by atoms with van der Waals surface area (Å²) in [7, 11) is 1.26. The van der Waals surface area contributed by atoms with Gasteiger partial charge in [-0.05, 0) is 50.5 Å². The number of Topliss-reactive ketones (excluding diaryl/α,β-unsaturated/α-hetero) is 3. The van der Waals surface area contributed by atoms with E-state index in [0.29, 0.717) is 31.3 Å². The van der Waals surface area contributed by atoms with E-state index in [1.807, 2.05) is 0 Å². The lowest BCUT2D eigenvalue weighted by Crippen LogP contribution is -2.60. The Labute approximate surface area is 152 Å². The topological polar surface area (TPSA) is 97.7 Å². The summed E-state index contributed by atoms with van der Waals surface area (Å²) in [4.78, 5) is 51.5. The summed E-state index contributed by atoms with van der Waals surface area (Å²) in [6.45, 7) is 1.71. The van der Waals surface area contributed by atoms with E-state index in [1.165, 1.54) is 7.11 Å². The molecule has 0 aliphatic heterocycles. The Balaban J connectivity index is 2.01. The molecule has 0 bridgehead atoms. The number of hydrogen-bond donors (Lipinski definition) is 1. The predicted molar refractivity (Wildman–Crippen MR) is 90.0 cm³/mol. The Hall–Kier alpha value is -1.82. The lowest BCUT2D eigenvalue weighted by atomic mass is 9.49. The molecule has 1 N–H and O–H groups in total. The Bertz CT molecular complexity index is 769. The van der Waals surface area contributed by atoms with Gasteiger partial charge in [0, 0.05) is 24.8 Å². The smallest absolute Gasteiger partial charge is 0.323 e. The molecular weight excluding hydrogens is 336 g/mol. The molecule has 0 saturated heterocycles. The van der Waals surface area contributed by atoms with Gasteiger partial charge in [0.2, 0.25) is 0 Å². The van der Waals surface area contributed by atoms with E-state index < -0.39 is 28.3 Å². The Kier molecular flexibility index (Phi) is 3.62. The van der Waals surface area contributed by atoms with Crippen molar-refractivity contribution in [1.82, 2.24) is 0 Å². The third-order valence-corrected chi connectivity index (χ3v) is 7.54. The number of ether oxygens (including phenoxy) is 1. The molecule has 0 amide bonds. The fourth-order valence-electron chi connectivity index (χ4n) is 6.08. The van der Waals surface area contributed by atoms with Crippen molar-refractivity contribution in [3.05, 3.63) is 11.1 Å². The van der Waals surface area contributed by atoms with Crippen molar-refractivity contribution in [3.63, 3.8) is 0 Å². The van der Waals surface area contributed by atoms with Crippen LogP contribution in [0, 0.1) is 16.7 Å². The molecule has 4 aliphatic rings. The maximum Gasteiger partial charge on any atom is 0.323 e. The van der Waals surface area contributed by atoms with Gasteiger partial charge < -0.3 is 9.84 Å². The van der Waals surface area contributed by atoms with Gasteiger partial charge in [0.15, 0.2) is 17.0 Å². The first kappa shape index (κ1) is 17.6. The minimum absolute atomic E-state index is 0.0479. The number of rotatable bonds is 1. The lowest BCUT2D eigenvalue weighted by molar-refractivity contribution is -0.163. The first-order valence-electron chi connectivity index (χ1n) is 9.38. The maximum atomic E-state index is 13.1. The second-order valence-corrected chi connectivity index (χ2v) is 8.41. The van der Waals surface area contributed by atoms with Crippen LogP contribution in [0.15, 0.2) is 11.1 Å². The molecule has 0 radical (unpaired) electrons. The third kappa shape index (κ3) is 1.76. The number of ketones is 3. The zero-order chi connectivity index (χ0) is 18.9. The summed E-state index contributed by atoms with van der Waals surface area (Å²) < 4.78 is 5.04. The minimum atomic E-state index is -1.58. The van der Waals surface area contributed by atoms with E-state index in [1.54, 1.807) is 6.92 Å². The van der Waals surface area contributed by atoms with Gasteiger partial charge in [0.25, 0.3) is 0 Å². The number of aliphatic hydroxyl groups is 1. The van der Waals surface area contributed by atoms with Crippen LogP contribution in [0.4, 0.5) is 0 Å². The summed E-state index contributed by atoms with van der Waals surface area (Å²) in [6.07, 6.45) is 2.59. The van der Waals surface area contributed by atoms with E-state index >= 15 is 0 Å². The number of methoxy groups -OCH3 is 1. The molecule has 6 heteroatoms. The van der Waals surface area contributed by atoms with Crippen molar-refractivity contribution < 1.29 is 29.0 Å². The Morgan fingerprint density at radius 3 is 2.54 bits per heavy atom. The van der Waals surface area contributed by atoms with Crippen molar-refractivity contribution in [2.24, 2.45) is 16.7 Å². The van der Waals surface area contributed by atoms with Crippen molar-refractivity contribution >= 4 is 23.3 Å². The quantitative estimate of drug-likeness (QED) is 0.564. The highest BCUT2D eigenvalue weighted by Crippen LogP contribution is 2.62. The number of hydrogen-bond acceptors (Lipinski definition) is 6. The van der Waals surface area contributed by atoms with Crippen molar-refractivity contribution in [2.45, 2.75) is 63.9 Å². The van der Waals surface area contributed by atoms with E-state index in [2.05, 4.69) is 0 Å². The maximum absolute atomic E-state index is 13.1. The van der Waals surface area contributed by atoms with E-state index in [-0.39, 0.29) is 48.6 Å². The van der Waals surface area contributed by atoms with Crippen LogP contribution in [0.25, 0.3) is 0 Å². The predicted octanol–water partition coefficient (Wildman–Crippen LogP) is 1.68. The summed E-state index contributed by atoms with van der Waals surface area (Å²) in [5.41, 5.74) is -3.47. The first-order valence-corrected chi connectivity index (χ1v) is 9.38. The molecule has 140 valence electrons. The van der Waals surface area contributed by atoms with Gasteiger partial charge in [-0.15, -0.1) is 0 Å². The zero-order valence-corrected chi connectivity index (χ0v) is 15.2. The van der Waals surface area contributed by atoms with E-state index in [4.69, 9.17) is 4.74 Å². The van der Waals surface area contributed by atoms with Crippen LogP contribution < -0.4 is 0 Å². The molecule has 26 heavy (non-hydrogen) atoms. The number of fused-ring (bicyclic) bond motifs is 4. The second kappa shape index (κ2) is 5.35. The minimum Gasteiger partial charge on any atom is -0.468 e. The average molecular weight is 360 g/mol. The fourth-order valence-corrected chi connectivity index (χ4v) is 6.08. The Morgan fingerprint density at radius 2 is 1.85 bits per heavy atom. The molecule has 0 spiro atoms. The van der Waals surface area contributed by atoms with Crippen LogP contribution in [-0.2, 0) is 23.9 Å². The normalized spacial score (nSPS) is 42.3. The molecule has 2 saturated carbocycles. The monoisotopic (exact) mass is 360 g/mol. The summed E-state index contributed by atoms with van der Waals surface area (Å²) in [6, 6.07) is 0. The molecule has 0 aromatic heterocycles. The fraction of sp³-hybridized carbons (Fsp3) is 0.700. The second-order valence-electron chi connectivity index (χ2n) is 8.41. The van der Waals surface area contributed by atoms with Crippen LogP contribution in [-0.4, -0.2) is 41.1 Å². The molecular formula is C20H24O6. The van der Waals surface area contributed by atoms with Gasteiger partial charge in [0.05, 0.1) is 12.5 Å². The van der Waals surface area contributed by atoms with Crippen LogP contribution in [0.5, 0.6) is 0 Å². The largest absolute Gasteiger partial charge is 0.468 e. The SMILES string of the molecule is COC(=O)C12C(=O)CCCC1CC(=O)C1=C2CCC2(C)C(=O)CCC12O. The highest BCUT2D eigenvalue weighted by molar-refractivity contribution is 6.14. The molecule has 4 rings (SSSR count). The molecule has 4 aliphatic carbocycles. The van der Waals surface area contributed by atoms with Gasteiger partial charge in [0.1, 0.15) is 11.4 Å². The van der Waals surface area contributed by atoms with Crippen molar-refractivity contribution in [2.75, 3.05) is 7.11 Å². The van der Waals surface area contributed by atoms with Gasteiger partial charge in [-0.2, -0.15) is 0 Å². The molecule has 2 fully saturated rings. The summed E-state index contributed by atoms with van der Waals surface area (Å²) >= 11 is 0. The van der Waals surface area contributed by atoms with Crippen molar-refractivity contribution in [3.8, 4) is 0 Å². The molecule has 6 nitrogen and oxygen atoms in total. The van der Waals surface area contributed by atoms with E-state index in [0.717, 1.165) is 0 Å². The number of carbonyl (C=O) groups is 4. The standard InChI is InChI=1S/C20H24O6/c1-18-8-6-12-16(19(18,25)9-7-14(18)22)13(21)10-11-4-3-5-15(23)20(11,12)17(24)26-2/h11,25H,3-10H2,1-2H3.